The van der Waals surface area contributed by atoms with Crippen LogP contribution in [-0.4, -0.2) is 27.0 Å². The number of aromatic nitrogens is 3. The highest BCUT2D eigenvalue weighted by Crippen LogP contribution is 2.31. The van der Waals surface area contributed by atoms with Gasteiger partial charge in [0.25, 0.3) is 5.91 Å². The summed E-state index contributed by atoms with van der Waals surface area (Å²) in [5, 5.41) is 3.00. The molecule has 3 N–H and O–H groups in total. The molecule has 0 unspecified atom stereocenters. The predicted molar refractivity (Wildman–Crippen MR) is 128 cm³/mol. The Morgan fingerprint density at radius 3 is 2.41 bits per heavy atom. The number of nitrogens with two attached hydrogens (primary N) is 1. The topological polar surface area (TPSA) is 85.8 Å². The minimum absolute atomic E-state index is 0.251. The van der Waals surface area contributed by atoms with E-state index in [1.165, 1.54) is 0 Å². The molecule has 0 aliphatic rings. The third-order valence-electron chi connectivity index (χ3n) is 5.53. The van der Waals surface area contributed by atoms with Crippen LogP contribution in [-0.2, 0) is 6.42 Å². The first kappa shape index (κ1) is 19.8. The van der Waals surface area contributed by atoms with E-state index in [-0.39, 0.29) is 5.91 Å². The number of aryl methyl sites for hydroxylation is 1. The van der Waals surface area contributed by atoms with E-state index in [1.54, 1.807) is 0 Å². The van der Waals surface area contributed by atoms with Crippen molar-refractivity contribution in [1.82, 2.24) is 19.9 Å². The van der Waals surface area contributed by atoms with E-state index < -0.39 is 0 Å². The molecule has 0 radical (unpaired) electrons. The van der Waals surface area contributed by atoms with E-state index >= 15 is 0 Å². The van der Waals surface area contributed by atoms with Gasteiger partial charge < -0.3 is 11.1 Å². The van der Waals surface area contributed by atoms with Crippen molar-refractivity contribution in [2.75, 3.05) is 12.3 Å². The maximum Gasteiger partial charge on any atom is 0.257 e. The fraction of sp³-hybridized carbons (Fsp3) is 0.115. The molecule has 2 heterocycles. The number of nitrogens with zero attached hydrogens (tertiary/aromatic N) is 3. The predicted octanol–water partition coefficient (Wildman–Crippen LogP) is 4.44. The fourth-order valence-electron chi connectivity index (χ4n) is 3.97. The van der Waals surface area contributed by atoms with Crippen molar-refractivity contribution < 1.29 is 4.79 Å². The van der Waals surface area contributed by atoms with Gasteiger partial charge in [-0.1, -0.05) is 54.6 Å². The molecular formula is C26H23N5O. The lowest BCUT2D eigenvalue weighted by Gasteiger charge is -2.09. The van der Waals surface area contributed by atoms with Crippen molar-refractivity contribution in [3.8, 4) is 5.69 Å². The first-order valence-electron chi connectivity index (χ1n) is 10.6. The summed E-state index contributed by atoms with van der Waals surface area (Å²) in [4.78, 5) is 22.8. The van der Waals surface area contributed by atoms with Crippen LogP contribution in [0.1, 0.15) is 21.5 Å². The molecule has 0 saturated heterocycles. The van der Waals surface area contributed by atoms with Crippen LogP contribution in [0.5, 0.6) is 0 Å². The van der Waals surface area contributed by atoms with E-state index in [2.05, 4.69) is 5.32 Å². The van der Waals surface area contributed by atoms with Gasteiger partial charge in [-0.2, -0.15) is 0 Å². The minimum Gasteiger partial charge on any atom is -0.384 e. The number of amides is 1. The lowest BCUT2D eigenvalue weighted by molar-refractivity contribution is 0.0956. The van der Waals surface area contributed by atoms with Crippen molar-refractivity contribution in [2.45, 2.75) is 13.3 Å². The molecule has 5 aromatic rings. The van der Waals surface area contributed by atoms with Crippen molar-refractivity contribution in [1.29, 1.82) is 0 Å². The summed E-state index contributed by atoms with van der Waals surface area (Å²) in [5.41, 5.74) is 12.6. The summed E-state index contributed by atoms with van der Waals surface area (Å²) in [7, 11) is 0. The van der Waals surface area contributed by atoms with Crippen LogP contribution in [0.2, 0.25) is 0 Å². The van der Waals surface area contributed by atoms with Gasteiger partial charge in [-0.15, -0.1) is 0 Å². The van der Waals surface area contributed by atoms with Gasteiger partial charge in [0.2, 0.25) is 0 Å². The third-order valence-corrected chi connectivity index (χ3v) is 5.53. The number of nitrogen functional groups attached to an aromatic ring is 1. The average Bonchev–Trinajstić information content (AvgIpc) is 3.08. The smallest absolute Gasteiger partial charge is 0.257 e. The molecule has 6 nitrogen and oxygen atoms in total. The molecule has 0 spiro atoms. The third kappa shape index (κ3) is 3.56. The standard InChI is InChI=1S/C26H23N5O/c1-17-8-7-11-19(16-17)31-24(27)22(26(32)28-15-14-18-9-3-2-4-10-18)23-25(31)30-21-13-6-5-12-20(21)29-23/h2-13,16H,14-15,27H2,1H3,(H,28,32). The van der Waals surface area contributed by atoms with Gasteiger partial charge in [0.1, 0.15) is 16.9 Å². The molecule has 1 amide bonds. The SMILES string of the molecule is Cc1cccc(-n2c(N)c(C(=O)NCCc3ccccc3)c3nc4ccccc4nc32)c1. The second-order valence-electron chi connectivity index (χ2n) is 7.81. The number of carbonyl (C=O) groups excluding carboxylic acids is 1. The lowest BCUT2D eigenvalue weighted by Crippen LogP contribution is -2.26. The number of para-hydroxylation sites is 2. The van der Waals surface area contributed by atoms with Crippen LogP contribution in [0.15, 0.2) is 78.9 Å². The Morgan fingerprint density at radius 2 is 1.66 bits per heavy atom. The zero-order chi connectivity index (χ0) is 22.1. The highest BCUT2D eigenvalue weighted by Gasteiger charge is 2.24. The van der Waals surface area contributed by atoms with Crippen LogP contribution in [0.25, 0.3) is 27.9 Å². The van der Waals surface area contributed by atoms with Crippen LogP contribution >= 0.6 is 0 Å². The van der Waals surface area contributed by atoms with Gasteiger partial charge in [0, 0.05) is 12.2 Å². The van der Waals surface area contributed by atoms with Gasteiger partial charge in [-0.25, -0.2) is 9.97 Å². The molecule has 0 atom stereocenters. The minimum atomic E-state index is -0.251. The number of fused-ring (bicyclic) bond motifs is 2. The van der Waals surface area contributed by atoms with Gasteiger partial charge in [0.15, 0.2) is 5.65 Å². The molecule has 0 aliphatic carbocycles. The molecule has 0 fully saturated rings. The summed E-state index contributed by atoms with van der Waals surface area (Å²) in [5.74, 6) is 0.0810. The molecule has 32 heavy (non-hydrogen) atoms. The van der Waals surface area contributed by atoms with Crippen molar-refractivity contribution >= 4 is 33.9 Å². The maximum absolute atomic E-state index is 13.2. The van der Waals surface area contributed by atoms with Crippen LogP contribution in [0.4, 0.5) is 5.82 Å². The second kappa shape index (κ2) is 8.15. The Morgan fingerprint density at radius 1 is 0.938 bits per heavy atom. The largest absolute Gasteiger partial charge is 0.384 e. The molecule has 3 aromatic carbocycles. The van der Waals surface area contributed by atoms with Gasteiger partial charge >= 0.3 is 0 Å². The molecular weight excluding hydrogens is 398 g/mol. The van der Waals surface area contributed by atoms with Crippen molar-refractivity contribution in [3.63, 3.8) is 0 Å². The summed E-state index contributed by atoms with van der Waals surface area (Å²) >= 11 is 0. The highest BCUT2D eigenvalue weighted by molar-refractivity contribution is 6.11. The van der Waals surface area contributed by atoms with E-state index in [4.69, 9.17) is 15.7 Å². The number of anilines is 1. The number of nitrogens with one attached hydrogen (secondary N) is 1. The zero-order valence-electron chi connectivity index (χ0n) is 17.7. The number of benzene rings is 3. The summed E-state index contributed by atoms with van der Waals surface area (Å²) < 4.78 is 1.81. The Hall–Kier alpha value is -4.19. The van der Waals surface area contributed by atoms with Crippen molar-refractivity contribution in [2.24, 2.45) is 0 Å². The highest BCUT2D eigenvalue weighted by atomic mass is 16.1. The Bertz CT molecular complexity index is 1440. The van der Waals surface area contributed by atoms with E-state index in [9.17, 15) is 4.79 Å². The Balaban J connectivity index is 1.60. The molecule has 158 valence electrons. The normalized spacial score (nSPS) is 11.2. The number of carbonyl (C=O) groups is 1. The summed E-state index contributed by atoms with van der Waals surface area (Å²) in [6, 6.07) is 25.6. The summed E-state index contributed by atoms with van der Waals surface area (Å²) in [6.07, 6.45) is 0.734. The van der Waals surface area contributed by atoms with Crippen molar-refractivity contribution in [3.05, 3.63) is 95.6 Å². The molecule has 0 aliphatic heterocycles. The first-order valence-corrected chi connectivity index (χ1v) is 10.6. The van der Waals surface area contributed by atoms with Gasteiger partial charge in [-0.3, -0.25) is 9.36 Å². The maximum atomic E-state index is 13.2. The van der Waals surface area contributed by atoms with Gasteiger partial charge in [0.05, 0.1) is 11.0 Å². The van der Waals surface area contributed by atoms with E-state index in [1.807, 2.05) is 90.4 Å². The number of hydrogen-bond donors (Lipinski definition) is 2. The first-order chi connectivity index (χ1) is 15.6. The monoisotopic (exact) mass is 421 g/mol. The zero-order valence-corrected chi connectivity index (χ0v) is 17.7. The molecule has 5 rings (SSSR count). The average molecular weight is 422 g/mol. The molecule has 0 bridgehead atoms. The van der Waals surface area contributed by atoms with E-state index in [0.29, 0.717) is 29.1 Å². The number of rotatable bonds is 5. The van der Waals surface area contributed by atoms with Crippen LogP contribution in [0.3, 0.4) is 0 Å². The Labute approximate surface area is 185 Å². The molecule has 2 aromatic heterocycles. The molecule has 6 heteroatoms. The Kier molecular flexibility index (Phi) is 5.03. The molecule has 0 saturated carbocycles. The quantitative estimate of drug-likeness (QED) is 0.439. The van der Waals surface area contributed by atoms with E-state index in [0.717, 1.165) is 34.3 Å². The van der Waals surface area contributed by atoms with Gasteiger partial charge in [-0.05, 0) is 48.7 Å². The van der Waals surface area contributed by atoms with Crippen LogP contribution < -0.4 is 11.1 Å². The summed E-state index contributed by atoms with van der Waals surface area (Å²) in [6.45, 7) is 2.52. The lowest BCUT2D eigenvalue weighted by atomic mass is 10.1. The second-order valence-corrected chi connectivity index (χ2v) is 7.81. The fourth-order valence-corrected chi connectivity index (χ4v) is 3.97. The van der Waals surface area contributed by atoms with Crippen LogP contribution in [0, 0.1) is 6.92 Å². The number of hydrogen-bond acceptors (Lipinski definition) is 4.